The molecule has 2 heteroatoms. The molecule has 2 aromatic rings. The quantitative estimate of drug-likeness (QED) is 0.869. The van der Waals surface area contributed by atoms with Gasteiger partial charge in [0.25, 0.3) is 0 Å². The van der Waals surface area contributed by atoms with Crippen molar-refractivity contribution in [2.75, 3.05) is 13.2 Å². The van der Waals surface area contributed by atoms with Crippen molar-refractivity contribution < 1.29 is 11.6 Å². The Hall–Kier alpha value is -1.90. The summed E-state index contributed by atoms with van der Waals surface area (Å²) >= 11 is 0. The van der Waals surface area contributed by atoms with Gasteiger partial charge in [0.15, 0.2) is 0 Å². The highest BCUT2D eigenvalue weighted by atomic mass is 16.3. The summed E-state index contributed by atoms with van der Waals surface area (Å²) in [5.74, 6) is 0.373. The van der Waals surface area contributed by atoms with E-state index in [0.29, 0.717) is 5.92 Å². The highest BCUT2D eigenvalue weighted by molar-refractivity contribution is 5.51. The summed E-state index contributed by atoms with van der Waals surface area (Å²) in [5.41, 5.74) is 3.42. The second kappa shape index (κ2) is 10.8. The van der Waals surface area contributed by atoms with E-state index in [1.807, 2.05) is 68.5 Å². The molecule has 0 fully saturated rings. The number of aliphatic hydroxyl groups excluding tert-OH is 2. The maximum Gasteiger partial charge on any atom is 0.0642 e. The Morgan fingerprint density at radius 2 is 1.55 bits per heavy atom. The fourth-order valence-electron chi connectivity index (χ4n) is 1.96. The second-order valence-corrected chi connectivity index (χ2v) is 5.54. The lowest BCUT2D eigenvalue weighted by molar-refractivity contribution is 0.237. The first kappa shape index (κ1) is 18.1. The molecule has 0 spiro atoms. The zero-order valence-electron chi connectivity index (χ0n) is 13.4. The van der Waals surface area contributed by atoms with E-state index in [9.17, 15) is 0 Å². The molecular formula is C20H28O2. The molecule has 2 rings (SSSR count). The third kappa shape index (κ3) is 7.77. The summed E-state index contributed by atoms with van der Waals surface area (Å²) < 4.78 is 0. The normalized spacial score (nSPS) is 12.3. The number of aliphatic hydroxyl groups is 2. The molecule has 22 heavy (non-hydrogen) atoms. The molecule has 120 valence electrons. The molecular weight excluding hydrogens is 272 g/mol. The van der Waals surface area contributed by atoms with Crippen LogP contribution in [0.1, 0.15) is 26.4 Å². The van der Waals surface area contributed by atoms with Gasteiger partial charge in [0.1, 0.15) is 0 Å². The first-order chi connectivity index (χ1) is 10.7. The van der Waals surface area contributed by atoms with Gasteiger partial charge in [-0.25, -0.2) is 0 Å². The monoisotopic (exact) mass is 300 g/mol. The lowest BCUT2D eigenvalue weighted by Crippen LogP contribution is -2.03. The molecule has 2 nitrogen and oxygen atoms in total. The van der Waals surface area contributed by atoms with Gasteiger partial charge < -0.3 is 10.2 Å². The smallest absolute Gasteiger partial charge is 0.0642 e. The van der Waals surface area contributed by atoms with Crippen molar-refractivity contribution in [3.05, 3.63) is 77.4 Å². The second-order valence-electron chi connectivity index (χ2n) is 5.54. The lowest BCUT2D eigenvalue weighted by Gasteiger charge is -2.06. The van der Waals surface area contributed by atoms with Gasteiger partial charge in [-0.3, -0.25) is 0 Å². The Balaban J connectivity index is 0.000000403. The zero-order chi connectivity index (χ0) is 16.2. The van der Waals surface area contributed by atoms with Crippen LogP contribution in [0.2, 0.25) is 0 Å². The zero-order valence-corrected chi connectivity index (χ0v) is 13.4. The summed E-state index contributed by atoms with van der Waals surface area (Å²) in [5, 5.41) is 17.5. The third-order valence-electron chi connectivity index (χ3n) is 3.20. The van der Waals surface area contributed by atoms with E-state index in [1.165, 1.54) is 5.56 Å². The topological polar surface area (TPSA) is 40.5 Å². The van der Waals surface area contributed by atoms with Crippen molar-refractivity contribution in [1.29, 1.82) is 0 Å². The summed E-state index contributed by atoms with van der Waals surface area (Å²) in [7, 11) is 0. The van der Waals surface area contributed by atoms with Crippen molar-refractivity contribution in [3.8, 4) is 0 Å². The maximum absolute atomic E-state index is 8.80. The Kier molecular flexibility index (Phi) is 8.89. The molecule has 0 bridgehead atoms. The van der Waals surface area contributed by atoms with Crippen molar-refractivity contribution in [2.24, 2.45) is 5.92 Å². The van der Waals surface area contributed by atoms with E-state index in [4.69, 9.17) is 10.2 Å². The standard InChI is InChI=1S/C10H14O.C10H12O.H2/c2*1-9(8-11)7-10-5-3-2-4-6-10;/h2-6,9,11H,7-8H2,1H3;2-7,11H,8H2,1H3;1H/b;9-7+;. The first-order valence-corrected chi connectivity index (χ1v) is 7.63. The Labute approximate surface area is 135 Å². The van der Waals surface area contributed by atoms with Gasteiger partial charge in [0.05, 0.1) is 6.61 Å². The predicted octanol–water partition coefficient (Wildman–Crippen LogP) is 4.19. The van der Waals surface area contributed by atoms with Crippen LogP contribution in [0.15, 0.2) is 66.2 Å². The molecule has 1 atom stereocenters. The van der Waals surface area contributed by atoms with E-state index in [1.54, 1.807) is 0 Å². The number of rotatable bonds is 5. The van der Waals surface area contributed by atoms with Crippen molar-refractivity contribution in [3.63, 3.8) is 0 Å². The van der Waals surface area contributed by atoms with Gasteiger partial charge in [-0.15, -0.1) is 0 Å². The molecule has 0 aliphatic rings. The number of hydrogen-bond acceptors (Lipinski definition) is 2. The number of benzene rings is 2. The molecule has 0 heterocycles. The molecule has 0 aromatic heterocycles. The lowest BCUT2D eigenvalue weighted by atomic mass is 10.0. The molecule has 0 saturated heterocycles. The molecule has 1 unspecified atom stereocenters. The van der Waals surface area contributed by atoms with E-state index in [-0.39, 0.29) is 14.6 Å². The van der Waals surface area contributed by atoms with Crippen LogP contribution in [-0.4, -0.2) is 23.4 Å². The molecule has 0 saturated carbocycles. The van der Waals surface area contributed by atoms with Gasteiger partial charge in [0, 0.05) is 8.03 Å². The van der Waals surface area contributed by atoms with Crippen LogP contribution in [0.5, 0.6) is 0 Å². The van der Waals surface area contributed by atoms with Gasteiger partial charge in [0.2, 0.25) is 0 Å². The Bertz CT molecular complexity index is 538. The van der Waals surface area contributed by atoms with Crippen LogP contribution in [0.3, 0.4) is 0 Å². The molecule has 0 aliphatic carbocycles. The molecule has 0 amide bonds. The van der Waals surface area contributed by atoms with Gasteiger partial charge in [-0.05, 0) is 36.0 Å². The molecule has 2 aromatic carbocycles. The molecule has 0 radical (unpaired) electrons. The van der Waals surface area contributed by atoms with Crippen molar-refractivity contribution in [1.82, 2.24) is 0 Å². The average molecular weight is 300 g/mol. The fourth-order valence-corrected chi connectivity index (χ4v) is 1.96. The highest BCUT2D eigenvalue weighted by Gasteiger charge is 1.99. The highest BCUT2D eigenvalue weighted by Crippen LogP contribution is 2.06. The Morgan fingerprint density at radius 3 is 2.05 bits per heavy atom. The Morgan fingerprint density at radius 1 is 1.00 bits per heavy atom. The maximum atomic E-state index is 8.80. The van der Waals surface area contributed by atoms with Crippen LogP contribution < -0.4 is 0 Å². The average Bonchev–Trinajstić information content (AvgIpc) is 2.57. The summed E-state index contributed by atoms with van der Waals surface area (Å²) in [6, 6.07) is 20.2. The largest absolute Gasteiger partial charge is 0.396 e. The van der Waals surface area contributed by atoms with Crippen molar-refractivity contribution >= 4 is 6.08 Å². The van der Waals surface area contributed by atoms with Gasteiger partial charge in [-0.1, -0.05) is 73.7 Å². The van der Waals surface area contributed by atoms with Gasteiger partial charge in [-0.2, -0.15) is 0 Å². The third-order valence-corrected chi connectivity index (χ3v) is 3.20. The van der Waals surface area contributed by atoms with Crippen LogP contribution in [0.4, 0.5) is 0 Å². The van der Waals surface area contributed by atoms with E-state index >= 15 is 0 Å². The van der Waals surface area contributed by atoms with E-state index in [2.05, 4.69) is 12.1 Å². The molecule has 0 aliphatic heterocycles. The summed E-state index contributed by atoms with van der Waals surface area (Å²) in [6.45, 7) is 4.36. The summed E-state index contributed by atoms with van der Waals surface area (Å²) in [6.07, 6.45) is 2.94. The van der Waals surface area contributed by atoms with Crippen molar-refractivity contribution in [2.45, 2.75) is 20.3 Å². The minimum absolute atomic E-state index is 0. The predicted molar refractivity (Wildman–Crippen MR) is 95.7 cm³/mol. The van der Waals surface area contributed by atoms with Crippen LogP contribution in [0, 0.1) is 5.92 Å². The van der Waals surface area contributed by atoms with E-state index in [0.717, 1.165) is 17.6 Å². The molecule has 2 N–H and O–H groups in total. The number of hydrogen-bond donors (Lipinski definition) is 2. The minimum atomic E-state index is 0. The first-order valence-electron chi connectivity index (χ1n) is 7.63. The fraction of sp³-hybridized carbons (Fsp3) is 0.300. The van der Waals surface area contributed by atoms with Crippen LogP contribution in [-0.2, 0) is 6.42 Å². The van der Waals surface area contributed by atoms with E-state index < -0.39 is 0 Å². The van der Waals surface area contributed by atoms with Gasteiger partial charge >= 0.3 is 0 Å². The summed E-state index contributed by atoms with van der Waals surface area (Å²) in [4.78, 5) is 0. The minimum Gasteiger partial charge on any atom is -0.396 e. The SMILES string of the molecule is C/C(=C\c1ccccc1)CO.CC(CO)Cc1ccccc1.[HH]. The van der Waals surface area contributed by atoms with Crippen LogP contribution >= 0.6 is 0 Å². The van der Waals surface area contributed by atoms with Crippen LogP contribution in [0.25, 0.3) is 6.08 Å².